The Kier molecular flexibility index (Phi) is 8.70. The fourth-order valence-corrected chi connectivity index (χ4v) is 6.90. The summed E-state index contributed by atoms with van der Waals surface area (Å²) in [5.74, 6) is -2.12. The summed E-state index contributed by atoms with van der Waals surface area (Å²) in [7, 11) is -3.71. The van der Waals surface area contributed by atoms with Crippen LogP contribution in [0, 0.1) is 0 Å². The van der Waals surface area contributed by atoms with Crippen molar-refractivity contribution in [1.82, 2.24) is 15.5 Å². The van der Waals surface area contributed by atoms with Crippen LogP contribution in [0.15, 0.2) is 60.7 Å². The van der Waals surface area contributed by atoms with Gasteiger partial charge < -0.3 is 20.6 Å². The Hall–Kier alpha value is -2.46. The first-order valence-electron chi connectivity index (χ1n) is 11.0. The van der Waals surface area contributed by atoms with Crippen LogP contribution in [0.3, 0.4) is 0 Å². The average molecular weight is 508 g/mol. The lowest BCUT2D eigenvalue weighted by atomic mass is 9.98. The lowest BCUT2D eigenvalue weighted by Crippen LogP contribution is -2.57. The molecule has 3 atom stereocenters. The number of carbonyl (C=O) groups excluding carboxylic acids is 1. The highest BCUT2D eigenvalue weighted by Gasteiger charge is 2.69. The number of alkyl halides is 1. The molecule has 2 aliphatic heterocycles. The molecule has 1 amide bonds. The zero-order valence-corrected chi connectivity index (χ0v) is 20.6. The van der Waals surface area contributed by atoms with E-state index in [4.69, 9.17) is 16.7 Å². The third kappa shape index (κ3) is 5.43. The van der Waals surface area contributed by atoms with Gasteiger partial charge in [-0.3, -0.25) is 4.79 Å². The van der Waals surface area contributed by atoms with Crippen LogP contribution in [0.4, 0.5) is 0 Å². The first kappa shape index (κ1) is 26.2. The van der Waals surface area contributed by atoms with E-state index >= 15 is 0 Å². The predicted octanol–water partition coefficient (Wildman–Crippen LogP) is 1.99. The van der Waals surface area contributed by atoms with E-state index in [0.717, 1.165) is 31.1 Å². The molecule has 184 valence electrons. The molecule has 0 spiro atoms. The van der Waals surface area contributed by atoms with Crippen molar-refractivity contribution in [3.63, 3.8) is 0 Å². The Morgan fingerprint density at radius 3 is 1.88 bits per heavy atom. The van der Waals surface area contributed by atoms with E-state index in [1.54, 1.807) is 0 Å². The maximum atomic E-state index is 12.0. The van der Waals surface area contributed by atoms with Crippen LogP contribution >= 0.6 is 11.6 Å². The Bertz CT molecular complexity index is 1040. The van der Waals surface area contributed by atoms with E-state index in [1.807, 2.05) is 12.1 Å². The van der Waals surface area contributed by atoms with Gasteiger partial charge in [0.2, 0.25) is 5.91 Å². The second-order valence-electron chi connectivity index (χ2n) is 8.52. The highest BCUT2D eigenvalue weighted by molar-refractivity contribution is 7.94. The van der Waals surface area contributed by atoms with Crippen LogP contribution in [0.25, 0.3) is 0 Å². The van der Waals surface area contributed by atoms with E-state index in [-0.39, 0.29) is 12.3 Å². The van der Waals surface area contributed by atoms with Crippen molar-refractivity contribution in [2.24, 2.45) is 0 Å². The first-order chi connectivity index (χ1) is 16.2. The van der Waals surface area contributed by atoms with Crippen LogP contribution in [-0.4, -0.2) is 65.4 Å². The van der Waals surface area contributed by atoms with Gasteiger partial charge in [0, 0.05) is 32.1 Å². The summed E-state index contributed by atoms with van der Waals surface area (Å²) < 4.78 is 22.5. The minimum atomic E-state index is -3.71. The Morgan fingerprint density at radius 1 is 1.03 bits per heavy atom. The van der Waals surface area contributed by atoms with Crippen molar-refractivity contribution in [2.75, 3.05) is 19.0 Å². The summed E-state index contributed by atoms with van der Waals surface area (Å²) >= 11 is 5.60. The quantitative estimate of drug-likeness (QED) is 0.270. The lowest BCUT2D eigenvalue weighted by Gasteiger charge is -2.35. The molecule has 2 aromatic rings. The molecule has 8 nitrogen and oxygen atoms in total. The van der Waals surface area contributed by atoms with Gasteiger partial charge in [-0.1, -0.05) is 60.7 Å². The van der Waals surface area contributed by atoms with Gasteiger partial charge in [0.25, 0.3) is 0 Å². The molecule has 0 aromatic heterocycles. The van der Waals surface area contributed by atoms with E-state index in [9.17, 15) is 18.0 Å². The summed E-state index contributed by atoms with van der Waals surface area (Å²) in [5.41, 5.74) is 2.67. The minimum Gasteiger partial charge on any atom is -0.480 e. The molecule has 0 bridgehead atoms. The largest absolute Gasteiger partial charge is 0.480 e. The first-order valence-corrected chi connectivity index (χ1v) is 13.1. The van der Waals surface area contributed by atoms with Crippen molar-refractivity contribution in [1.29, 1.82) is 0 Å². The molecule has 2 aliphatic rings. The Morgan fingerprint density at radius 2 is 1.50 bits per heavy atom. The molecule has 3 N–H and O–H groups in total. The molecule has 0 aliphatic carbocycles. The Labute approximate surface area is 205 Å². The number of aliphatic carboxylic acids is 1. The highest BCUT2D eigenvalue weighted by Crippen LogP contribution is 2.46. The standard InChI is InChI=1S/C16H20N2.C8H10ClNO5S/c1-3-7-15(8-4-1)13-17-11-12-18-14-16-9-5-2-6-10-16;1-8(3-9)6(7(12)13)10-4(11)2-5(10)16(8,14)15/h1-10,17-18H,11-14H2;5-6H,2-3H2,1H3,(H,12,13)/t;5-,6?,8-/m.0/s1. The minimum absolute atomic E-state index is 0.140. The number of halogens is 1. The van der Waals surface area contributed by atoms with Crippen LogP contribution in [-0.2, 0) is 32.5 Å². The molecule has 1 unspecified atom stereocenters. The SMILES string of the molecule is C[C@]1(CCl)C(C(=O)O)N2C(=O)C[C@@H]2S1(=O)=O.c1ccc(CNCCNCc2ccccc2)cc1. The van der Waals surface area contributed by atoms with Gasteiger partial charge in [0.15, 0.2) is 15.9 Å². The molecule has 2 aromatic carbocycles. The van der Waals surface area contributed by atoms with Gasteiger partial charge in [0.05, 0.1) is 6.42 Å². The molecule has 0 saturated carbocycles. The third-order valence-corrected chi connectivity index (χ3v) is 9.63. The average Bonchev–Trinajstić information content (AvgIpc) is 2.98. The highest BCUT2D eigenvalue weighted by atomic mass is 35.5. The van der Waals surface area contributed by atoms with Gasteiger partial charge in [0.1, 0.15) is 10.1 Å². The van der Waals surface area contributed by atoms with Gasteiger partial charge in [-0.2, -0.15) is 0 Å². The molecule has 4 rings (SSSR count). The fourth-order valence-electron chi connectivity index (χ4n) is 4.09. The molecule has 2 saturated heterocycles. The number of carboxylic acids is 1. The second-order valence-corrected chi connectivity index (χ2v) is 11.4. The number of carboxylic acid groups (broad SMARTS) is 1. The number of fused-ring (bicyclic) bond motifs is 1. The summed E-state index contributed by atoms with van der Waals surface area (Å²) in [6.07, 6.45) is -0.140. The van der Waals surface area contributed by atoms with Gasteiger partial charge in [-0.05, 0) is 18.1 Å². The van der Waals surface area contributed by atoms with Crippen molar-refractivity contribution in [3.05, 3.63) is 71.8 Å². The van der Waals surface area contributed by atoms with E-state index in [2.05, 4.69) is 59.2 Å². The summed E-state index contributed by atoms with van der Waals surface area (Å²) in [5, 5.41) is 14.9. The van der Waals surface area contributed by atoms with Crippen LogP contribution in [0.5, 0.6) is 0 Å². The van der Waals surface area contributed by atoms with Gasteiger partial charge in [-0.25, -0.2) is 13.2 Å². The van der Waals surface area contributed by atoms with Crippen molar-refractivity contribution < 1.29 is 23.1 Å². The van der Waals surface area contributed by atoms with Crippen molar-refractivity contribution in [2.45, 2.75) is 42.6 Å². The third-order valence-electron chi connectivity index (χ3n) is 6.13. The number of sulfone groups is 1. The number of carbonyl (C=O) groups is 2. The van der Waals surface area contributed by atoms with Crippen LogP contribution in [0.2, 0.25) is 0 Å². The zero-order chi connectivity index (χ0) is 24.8. The number of hydrogen-bond donors (Lipinski definition) is 3. The van der Waals surface area contributed by atoms with E-state index in [0.29, 0.717) is 0 Å². The molecule has 2 heterocycles. The van der Waals surface area contributed by atoms with Gasteiger partial charge in [-0.15, -0.1) is 11.6 Å². The summed E-state index contributed by atoms with van der Waals surface area (Å²) in [6.45, 7) is 5.13. The Balaban J connectivity index is 0.000000192. The van der Waals surface area contributed by atoms with Crippen LogP contribution < -0.4 is 10.6 Å². The molecule has 34 heavy (non-hydrogen) atoms. The summed E-state index contributed by atoms with van der Waals surface area (Å²) in [4.78, 5) is 23.3. The zero-order valence-electron chi connectivity index (χ0n) is 19.0. The number of amides is 1. The number of hydrogen-bond acceptors (Lipinski definition) is 6. The van der Waals surface area contributed by atoms with Crippen LogP contribution in [0.1, 0.15) is 24.5 Å². The summed E-state index contributed by atoms with van der Waals surface area (Å²) in [6, 6.07) is 19.6. The molecule has 10 heteroatoms. The maximum Gasteiger partial charge on any atom is 0.328 e. The van der Waals surface area contributed by atoms with E-state index in [1.165, 1.54) is 18.1 Å². The number of benzene rings is 2. The lowest BCUT2D eigenvalue weighted by molar-refractivity contribution is -0.157. The number of rotatable bonds is 9. The number of β-lactam (4-membered cyclic amide) rings is 1. The fraction of sp³-hybridized carbons (Fsp3) is 0.417. The number of nitrogens with zero attached hydrogens (tertiary/aromatic N) is 1. The monoisotopic (exact) mass is 507 g/mol. The topological polar surface area (TPSA) is 116 Å². The smallest absolute Gasteiger partial charge is 0.328 e. The van der Waals surface area contributed by atoms with Crippen molar-refractivity contribution >= 4 is 33.3 Å². The molecule has 0 radical (unpaired) electrons. The number of nitrogens with one attached hydrogen (secondary N) is 2. The normalized spacial score (nSPS) is 24.5. The molecular weight excluding hydrogens is 478 g/mol. The molecular formula is C24H30ClN3O5S. The maximum absolute atomic E-state index is 12.0. The molecule has 2 fully saturated rings. The predicted molar refractivity (Wildman–Crippen MR) is 131 cm³/mol. The van der Waals surface area contributed by atoms with Gasteiger partial charge >= 0.3 is 5.97 Å². The van der Waals surface area contributed by atoms with E-state index < -0.39 is 37.9 Å². The van der Waals surface area contributed by atoms with Crippen molar-refractivity contribution in [3.8, 4) is 0 Å². The second kappa shape index (κ2) is 11.3.